The molecule has 0 aromatic carbocycles. The van der Waals surface area contributed by atoms with Gasteiger partial charge in [0.05, 0.1) is 12.7 Å². The van der Waals surface area contributed by atoms with Crippen molar-refractivity contribution >= 4 is 15.8 Å². The molecule has 1 unspecified atom stereocenters. The molecule has 0 bridgehead atoms. The average molecular weight is 313 g/mol. The molecule has 0 radical (unpaired) electrons. The van der Waals surface area contributed by atoms with Crippen molar-refractivity contribution in [1.82, 2.24) is 9.29 Å². The van der Waals surface area contributed by atoms with Crippen molar-refractivity contribution in [2.45, 2.75) is 37.7 Å². The topological polar surface area (TPSA) is 71.5 Å². The summed E-state index contributed by atoms with van der Waals surface area (Å²) in [7, 11) is -3.54. The van der Waals surface area contributed by atoms with Gasteiger partial charge in [0.25, 0.3) is 0 Å². The maximum absolute atomic E-state index is 12.8. The summed E-state index contributed by atoms with van der Waals surface area (Å²) in [6.07, 6.45) is 3.29. The van der Waals surface area contributed by atoms with Gasteiger partial charge in [0.15, 0.2) is 0 Å². The molecule has 6 nitrogen and oxygen atoms in total. The van der Waals surface area contributed by atoms with Crippen LogP contribution in [0.25, 0.3) is 0 Å². The fraction of sp³-hybridized carbons (Fsp3) is 0.643. The minimum absolute atomic E-state index is 0.0303. The van der Waals surface area contributed by atoms with E-state index >= 15 is 0 Å². The van der Waals surface area contributed by atoms with Crippen LogP contribution in [0.15, 0.2) is 23.2 Å². The van der Waals surface area contributed by atoms with Crippen LogP contribution in [0.2, 0.25) is 0 Å². The van der Waals surface area contributed by atoms with Gasteiger partial charge in [-0.2, -0.15) is 4.31 Å². The van der Waals surface area contributed by atoms with Crippen molar-refractivity contribution in [2.75, 3.05) is 31.6 Å². The Hall–Kier alpha value is -1.18. The molecule has 0 aliphatic carbocycles. The Morgan fingerprint density at radius 3 is 3.00 bits per heavy atom. The number of pyridine rings is 1. The molecule has 1 aromatic heterocycles. The zero-order valence-electron chi connectivity index (χ0n) is 12.6. The number of nitrogens with one attached hydrogen (secondary N) is 1. The minimum atomic E-state index is -3.54. The lowest BCUT2D eigenvalue weighted by Gasteiger charge is -2.31. The Morgan fingerprint density at radius 1 is 1.48 bits per heavy atom. The quantitative estimate of drug-likeness (QED) is 0.865. The Balaban J connectivity index is 2.26. The van der Waals surface area contributed by atoms with Crippen molar-refractivity contribution < 1.29 is 13.2 Å². The summed E-state index contributed by atoms with van der Waals surface area (Å²) in [5.74, 6) is 0.430. The van der Waals surface area contributed by atoms with Crippen LogP contribution in [-0.4, -0.2) is 50.1 Å². The predicted octanol–water partition coefficient (Wildman–Crippen LogP) is 1.70. The highest BCUT2D eigenvalue weighted by Crippen LogP contribution is 2.24. The van der Waals surface area contributed by atoms with Crippen molar-refractivity contribution in [3.63, 3.8) is 0 Å². The molecule has 21 heavy (non-hydrogen) atoms. The Bertz CT molecular complexity index is 562. The largest absolute Gasteiger partial charge is 0.375 e. The van der Waals surface area contributed by atoms with Crippen LogP contribution in [0.3, 0.4) is 0 Å². The molecule has 118 valence electrons. The molecule has 1 aliphatic heterocycles. The van der Waals surface area contributed by atoms with Crippen molar-refractivity contribution in [1.29, 1.82) is 0 Å². The molecular formula is C14H23N3O3S. The number of anilines is 1. The van der Waals surface area contributed by atoms with E-state index in [1.165, 1.54) is 4.31 Å². The third-order valence-electron chi connectivity index (χ3n) is 3.49. The van der Waals surface area contributed by atoms with Crippen LogP contribution in [0, 0.1) is 0 Å². The highest BCUT2D eigenvalue weighted by Gasteiger charge is 2.32. The lowest BCUT2D eigenvalue weighted by Crippen LogP contribution is -2.45. The SMILES string of the molecule is CCCNc1ncccc1S(=O)(=O)N1CCOC(CC)C1. The Kier molecular flexibility index (Phi) is 5.55. The first-order chi connectivity index (χ1) is 10.1. The van der Waals surface area contributed by atoms with Gasteiger partial charge >= 0.3 is 0 Å². The van der Waals surface area contributed by atoms with Crippen LogP contribution < -0.4 is 5.32 Å². The van der Waals surface area contributed by atoms with Gasteiger partial charge in [0, 0.05) is 25.8 Å². The smallest absolute Gasteiger partial charge is 0.246 e. The molecule has 0 saturated carbocycles. The lowest BCUT2D eigenvalue weighted by atomic mass is 10.2. The summed E-state index contributed by atoms with van der Waals surface area (Å²) < 4.78 is 32.7. The molecule has 1 aliphatic rings. The van der Waals surface area contributed by atoms with E-state index in [2.05, 4.69) is 10.3 Å². The van der Waals surface area contributed by atoms with Crippen LogP contribution >= 0.6 is 0 Å². The monoisotopic (exact) mass is 313 g/mol. The van der Waals surface area contributed by atoms with Crippen molar-refractivity contribution in [2.24, 2.45) is 0 Å². The fourth-order valence-corrected chi connectivity index (χ4v) is 3.85. The van der Waals surface area contributed by atoms with Gasteiger partial charge < -0.3 is 10.1 Å². The number of morpholine rings is 1. The molecule has 1 N–H and O–H groups in total. The van der Waals surface area contributed by atoms with Gasteiger partial charge in [-0.25, -0.2) is 13.4 Å². The predicted molar refractivity (Wildman–Crippen MR) is 81.8 cm³/mol. The van der Waals surface area contributed by atoms with Gasteiger partial charge in [-0.15, -0.1) is 0 Å². The molecule has 1 aromatic rings. The molecule has 1 atom stereocenters. The van der Waals surface area contributed by atoms with Crippen molar-refractivity contribution in [3.8, 4) is 0 Å². The third kappa shape index (κ3) is 3.72. The maximum atomic E-state index is 12.8. The highest BCUT2D eigenvalue weighted by atomic mass is 32.2. The second-order valence-corrected chi connectivity index (χ2v) is 6.95. The van der Waals surface area contributed by atoms with Crippen LogP contribution in [-0.2, 0) is 14.8 Å². The molecule has 2 heterocycles. The number of rotatable bonds is 6. The van der Waals surface area contributed by atoms with E-state index in [9.17, 15) is 8.42 Å². The van der Waals surface area contributed by atoms with E-state index in [0.29, 0.717) is 32.1 Å². The normalized spacial score (nSPS) is 20.4. The van der Waals surface area contributed by atoms with E-state index in [0.717, 1.165) is 12.8 Å². The van der Waals surface area contributed by atoms with Gasteiger partial charge in [0.2, 0.25) is 10.0 Å². The summed E-state index contributed by atoms with van der Waals surface area (Å²) in [5, 5.41) is 3.09. The lowest BCUT2D eigenvalue weighted by molar-refractivity contribution is -0.00277. The van der Waals surface area contributed by atoms with E-state index in [1.807, 2.05) is 13.8 Å². The van der Waals surface area contributed by atoms with Gasteiger partial charge in [-0.3, -0.25) is 0 Å². The number of sulfonamides is 1. The second kappa shape index (κ2) is 7.20. The molecule has 2 rings (SSSR count). The number of ether oxygens (including phenoxy) is 1. The standard InChI is InChI=1S/C14H23N3O3S/c1-3-7-15-14-13(6-5-8-16-14)21(18,19)17-9-10-20-12(4-2)11-17/h5-6,8,12H,3-4,7,9-11H2,1-2H3,(H,15,16). The Morgan fingerprint density at radius 2 is 2.29 bits per heavy atom. The summed E-state index contributed by atoms with van der Waals surface area (Å²) >= 11 is 0. The third-order valence-corrected chi connectivity index (χ3v) is 5.38. The number of hydrogen-bond acceptors (Lipinski definition) is 5. The zero-order valence-corrected chi connectivity index (χ0v) is 13.4. The first-order valence-corrected chi connectivity index (χ1v) is 8.84. The van der Waals surface area contributed by atoms with Gasteiger partial charge in [-0.05, 0) is 25.0 Å². The first kappa shape index (κ1) is 16.2. The van der Waals surface area contributed by atoms with Crippen LogP contribution in [0.4, 0.5) is 5.82 Å². The van der Waals surface area contributed by atoms with Crippen LogP contribution in [0.5, 0.6) is 0 Å². The van der Waals surface area contributed by atoms with Gasteiger partial charge in [-0.1, -0.05) is 13.8 Å². The van der Waals surface area contributed by atoms with Crippen LogP contribution in [0.1, 0.15) is 26.7 Å². The van der Waals surface area contributed by atoms with Crippen molar-refractivity contribution in [3.05, 3.63) is 18.3 Å². The Labute approximate surface area is 126 Å². The fourth-order valence-electron chi connectivity index (χ4n) is 2.27. The van der Waals surface area contributed by atoms with Gasteiger partial charge in [0.1, 0.15) is 10.7 Å². The summed E-state index contributed by atoms with van der Waals surface area (Å²) in [6.45, 7) is 5.95. The summed E-state index contributed by atoms with van der Waals surface area (Å²) in [4.78, 5) is 4.41. The number of nitrogens with zero attached hydrogens (tertiary/aromatic N) is 2. The molecule has 0 spiro atoms. The number of hydrogen-bond donors (Lipinski definition) is 1. The van der Waals surface area contributed by atoms with E-state index in [-0.39, 0.29) is 11.0 Å². The van der Waals surface area contributed by atoms with E-state index in [4.69, 9.17) is 4.74 Å². The molecular weight excluding hydrogens is 290 g/mol. The molecule has 0 amide bonds. The zero-order chi connectivity index (χ0) is 15.3. The second-order valence-electron chi connectivity index (χ2n) is 5.04. The minimum Gasteiger partial charge on any atom is -0.375 e. The summed E-state index contributed by atoms with van der Waals surface area (Å²) in [5.41, 5.74) is 0. The maximum Gasteiger partial charge on any atom is 0.246 e. The molecule has 1 fully saturated rings. The van der Waals surface area contributed by atoms with E-state index in [1.54, 1.807) is 18.3 Å². The highest BCUT2D eigenvalue weighted by molar-refractivity contribution is 7.89. The summed E-state index contributed by atoms with van der Waals surface area (Å²) in [6, 6.07) is 3.26. The average Bonchev–Trinajstić information content (AvgIpc) is 2.53. The molecule has 7 heteroatoms. The first-order valence-electron chi connectivity index (χ1n) is 7.40. The number of aromatic nitrogens is 1. The van der Waals surface area contributed by atoms with E-state index < -0.39 is 10.0 Å². The molecule has 1 saturated heterocycles.